The molecule has 1 aromatic carbocycles. The first-order valence-electron chi connectivity index (χ1n) is 6.61. The SMILES string of the molecule is CCNC(c1ccc2c(c1)NC(=O)CO2)c1cccs1. The number of fused-ring (bicyclic) bond motifs is 1. The van der Waals surface area contributed by atoms with Gasteiger partial charge in [0.05, 0.1) is 11.7 Å². The summed E-state index contributed by atoms with van der Waals surface area (Å²) in [5, 5.41) is 8.40. The molecular formula is C15H16N2O2S. The smallest absolute Gasteiger partial charge is 0.262 e. The molecule has 2 N–H and O–H groups in total. The Morgan fingerprint density at radius 3 is 3.10 bits per heavy atom. The molecule has 1 unspecified atom stereocenters. The molecule has 0 radical (unpaired) electrons. The van der Waals surface area contributed by atoms with Crippen molar-refractivity contribution in [1.29, 1.82) is 0 Å². The Morgan fingerprint density at radius 2 is 2.35 bits per heavy atom. The molecule has 3 rings (SSSR count). The lowest BCUT2D eigenvalue weighted by Gasteiger charge is -2.22. The minimum absolute atomic E-state index is 0.0912. The van der Waals surface area contributed by atoms with Gasteiger partial charge < -0.3 is 15.4 Å². The highest BCUT2D eigenvalue weighted by atomic mass is 32.1. The predicted octanol–water partition coefficient (Wildman–Crippen LogP) is 2.78. The number of amides is 1. The van der Waals surface area contributed by atoms with E-state index in [9.17, 15) is 4.79 Å². The topological polar surface area (TPSA) is 50.4 Å². The summed E-state index contributed by atoms with van der Waals surface area (Å²) in [7, 11) is 0. The van der Waals surface area contributed by atoms with Crippen LogP contribution in [0.15, 0.2) is 35.7 Å². The lowest BCUT2D eigenvalue weighted by atomic mass is 10.0. The third-order valence-corrected chi connectivity index (χ3v) is 4.14. The lowest BCUT2D eigenvalue weighted by Crippen LogP contribution is -2.26. The zero-order valence-electron chi connectivity index (χ0n) is 11.2. The normalized spacial score (nSPS) is 15.2. The van der Waals surface area contributed by atoms with Crippen LogP contribution in [0.2, 0.25) is 0 Å². The fourth-order valence-corrected chi connectivity index (χ4v) is 3.15. The zero-order valence-corrected chi connectivity index (χ0v) is 12.0. The van der Waals surface area contributed by atoms with Gasteiger partial charge in [-0.3, -0.25) is 4.79 Å². The summed E-state index contributed by atoms with van der Waals surface area (Å²) in [4.78, 5) is 12.7. The molecule has 1 aromatic heterocycles. The Labute approximate surface area is 121 Å². The van der Waals surface area contributed by atoms with Crippen molar-refractivity contribution in [3.8, 4) is 5.75 Å². The monoisotopic (exact) mass is 288 g/mol. The maximum Gasteiger partial charge on any atom is 0.262 e. The van der Waals surface area contributed by atoms with Crippen LogP contribution in [0.4, 0.5) is 5.69 Å². The first-order chi connectivity index (χ1) is 9.78. The highest BCUT2D eigenvalue weighted by Crippen LogP contribution is 2.33. The van der Waals surface area contributed by atoms with E-state index < -0.39 is 0 Å². The number of ether oxygens (including phenoxy) is 1. The second-order valence-corrected chi connectivity index (χ2v) is 5.58. The predicted molar refractivity (Wildman–Crippen MR) is 80.4 cm³/mol. The second-order valence-electron chi connectivity index (χ2n) is 4.60. The van der Waals surface area contributed by atoms with Gasteiger partial charge in [-0.05, 0) is 35.7 Å². The van der Waals surface area contributed by atoms with Gasteiger partial charge in [-0.2, -0.15) is 0 Å². The van der Waals surface area contributed by atoms with E-state index in [0.29, 0.717) is 0 Å². The first-order valence-corrected chi connectivity index (χ1v) is 7.49. The number of benzene rings is 1. The van der Waals surface area contributed by atoms with Crippen LogP contribution in [0.1, 0.15) is 23.4 Å². The third kappa shape index (κ3) is 2.55. The van der Waals surface area contributed by atoms with Crippen molar-refractivity contribution in [2.75, 3.05) is 18.5 Å². The molecule has 20 heavy (non-hydrogen) atoms. The Morgan fingerprint density at radius 1 is 1.45 bits per heavy atom. The largest absolute Gasteiger partial charge is 0.482 e. The summed E-state index contributed by atoms with van der Waals surface area (Å²) in [6.45, 7) is 3.06. The number of thiophene rings is 1. The molecule has 2 aromatic rings. The Kier molecular flexibility index (Phi) is 3.71. The molecule has 0 aliphatic carbocycles. The summed E-state index contributed by atoms with van der Waals surface area (Å²) < 4.78 is 5.39. The molecule has 5 heteroatoms. The average molecular weight is 288 g/mol. The third-order valence-electron chi connectivity index (χ3n) is 3.21. The molecule has 2 heterocycles. The van der Waals surface area contributed by atoms with Crippen LogP contribution in [0.3, 0.4) is 0 Å². The number of anilines is 1. The number of hydrogen-bond acceptors (Lipinski definition) is 4. The molecule has 1 atom stereocenters. The molecule has 0 saturated carbocycles. The fourth-order valence-electron chi connectivity index (χ4n) is 2.32. The summed E-state index contributed by atoms with van der Waals surface area (Å²) >= 11 is 1.72. The molecule has 1 aliphatic heterocycles. The van der Waals surface area contributed by atoms with Gasteiger partial charge in [0.25, 0.3) is 5.91 Å². The Bertz CT molecular complexity index is 610. The van der Waals surface area contributed by atoms with Crippen LogP contribution in [0.25, 0.3) is 0 Å². The summed E-state index contributed by atoms with van der Waals surface area (Å²) in [6, 6.07) is 10.3. The van der Waals surface area contributed by atoms with E-state index in [1.807, 2.05) is 24.3 Å². The summed E-state index contributed by atoms with van der Waals surface area (Å²) in [6.07, 6.45) is 0. The van der Waals surface area contributed by atoms with Crippen LogP contribution < -0.4 is 15.4 Å². The molecule has 1 aliphatic rings. The molecular weight excluding hydrogens is 272 g/mol. The van der Waals surface area contributed by atoms with E-state index in [1.54, 1.807) is 11.3 Å². The van der Waals surface area contributed by atoms with E-state index in [-0.39, 0.29) is 18.6 Å². The number of nitrogens with one attached hydrogen (secondary N) is 2. The van der Waals surface area contributed by atoms with Gasteiger partial charge in [0.1, 0.15) is 5.75 Å². The summed E-state index contributed by atoms with van der Waals surface area (Å²) in [5.41, 5.74) is 1.87. The van der Waals surface area contributed by atoms with Gasteiger partial charge in [0.2, 0.25) is 0 Å². The minimum atomic E-state index is -0.106. The Hall–Kier alpha value is -1.85. The molecule has 104 valence electrons. The quantitative estimate of drug-likeness (QED) is 0.909. The fraction of sp³-hybridized carbons (Fsp3) is 0.267. The van der Waals surface area contributed by atoms with Crippen molar-refractivity contribution in [3.05, 3.63) is 46.2 Å². The maximum atomic E-state index is 11.4. The van der Waals surface area contributed by atoms with Gasteiger partial charge in [-0.25, -0.2) is 0 Å². The number of carbonyl (C=O) groups is 1. The number of hydrogen-bond donors (Lipinski definition) is 2. The number of carbonyl (C=O) groups excluding carboxylic acids is 1. The van der Waals surface area contributed by atoms with Crippen molar-refractivity contribution in [2.45, 2.75) is 13.0 Å². The van der Waals surface area contributed by atoms with E-state index in [2.05, 4.69) is 29.0 Å². The van der Waals surface area contributed by atoms with Gasteiger partial charge in [0, 0.05) is 4.88 Å². The van der Waals surface area contributed by atoms with Gasteiger partial charge in [-0.1, -0.05) is 19.1 Å². The highest BCUT2D eigenvalue weighted by Gasteiger charge is 2.20. The molecule has 1 amide bonds. The molecule has 0 spiro atoms. The molecule has 0 fully saturated rings. The maximum absolute atomic E-state index is 11.4. The zero-order chi connectivity index (χ0) is 13.9. The highest BCUT2D eigenvalue weighted by molar-refractivity contribution is 7.10. The van der Waals surface area contributed by atoms with Crippen molar-refractivity contribution in [3.63, 3.8) is 0 Å². The van der Waals surface area contributed by atoms with Crippen LogP contribution in [-0.4, -0.2) is 19.1 Å². The number of rotatable bonds is 4. The Balaban J connectivity index is 1.95. The van der Waals surface area contributed by atoms with E-state index in [0.717, 1.165) is 23.5 Å². The lowest BCUT2D eigenvalue weighted by molar-refractivity contribution is -0.118. The summed E-state index contributed by atoms with van der Waals surface area (Å²) in [5.74, 6) is 0.626. The average Bonchev–Trinajstić information content (AvgIpc) is 2.98. The van der Waals surface area contributed by atoms with Crippen molar-refractivity contribution in [1.82, 2.24) is 5.32 Å². The van der Waals surface area contributed by atoms with Gasteiger partial charge >= 0.3 is 0 Å². The van der Waals surface area contributed by atoms with Crippen molar-refractivity contribution < 1.29 is 9.53 Å². The molecule has 4 nitrogen and oxygen atoms in total. The molecule has 0 bridgehead atoms. The van der Waals surface area contributed by atoms with Crippen molar-refractivity contribution >= 4 is 22.9 Å². The first kappa shape index (κ1) is 13.1. The van der Waals surface area contributed by atoms with E-state index in [4.69, 9.17) is 4.74 Å². The van der Waals surface area contributed by atoms with Crippen LogP contribution >= 0.6 is 11.3 Å². The minimum Gasteiger partial charge on any atom is -0.482 e. The van der Waals surface area contributed by atoms with Crippen LogP contribution in [-0.2, 0) is 4.79 Å². The van der Waals surface area contributed by atoms with E-state index in [1.165, 1.54) is 4.88 Å². The van der Waals surface area contributed by atoms with Crippen LogP contribution in [0, 0.1) is 0 Å². The van der Waals surface area contributed by atoms with Gasteiger partial charge in [0.15, 0.2) is 6.61 Å². The molecule has 0 saturated heterocycles. The van der Waals surface area contributed by atoms with E-state index >= 15 is 0 Å². The van der Waals surface area contributed by atoms with Crippen molar-refractivity contribution in [2.24, 2.45) is 0 Å². The second kappa shape index (κ2) is 5.64. The van der Waals surface area contributed by atoms with Gasteiger partial charge in [-0.15, -0.1) is 11.3 Å². The van der Waals surface area contributed by atoms with Crippen LogP contribution in [0.5, 0.6) is 5.75 Å². The standard InChI is InChI=1S/C15H16N2O2S/c1-2-16-15(13-4-3-7-20-13)10-5-6-12-11(8-10)17-14(18)9-19-12/h3-8,15-16H,2,9H2,1H3,(H,17,18).